The summed E-state index contributed by atoms with van der Waals surface area (Å²) in [5.41, 5.74) is 0.290. The van der Waals surface area contributed by atoms with E-state index in [1.807, 2.05) is 18.2 Å². The first-order valence-corrected chi connectivity index (χ1v) is 10.6. The second-order valence-electron chi connectivity index (χ2n) is 7.00. The lowest BCUT2D eigenvalue weighted by Crippen LogP contribution is -2.51. The zero-order chi connectivity index (χ0) is 21.6. The van der Waals surface area contributed by atoms with Gasteiger partial charge >= 0.3 is 6.18 Å². The molecule has 1 aliphatic heterocycles. The van der Waals surface area contributed by atoms with Crippen molar-refractivity contribution in [3.8, 4) is 5.75 Å². The van der Waals surface area contributed by atoms with E-state index in [0.29, 0.717) is 23.9 Å². The summed E-state index contributed by atoms with van der Waals surface area (Å²) in [6.45, 7) is 2.26. The summed E-state index contributed by atoms with van der Waals surface area (Å²) < 4.78 is 43.3. The number of guanidine groups is 1. The number of hydrogen-bond acceptors (Lipinski definition) is 5. The topological polar surface area (TPSA) is 61.8 Å². The van der Waals surface area contributed by atoms with Crippen LogP contribution in [0.1, 0.15) is 23.5 Å². The fraction of sp³-hybridized carbons (Fsp3) is 0.500. The number of ether oxygens (including phenoxy) is 1. The van der Waals surface area contributed by atoms with Gasteiger partial charge in [-0.1, -0.05) is 6.07 Å². The van der Waals surface area contributed by atoms with Crippen LogP contribution < -0.4 is 20.3 Å². The van der Waals surface area contributed by atoms with Crippen LogP contribution in [-0.4, -0.2) is 50.8 Å². The molecule has 1 fully saturated rings. The molecule has 0 radical (unpaired) electrons. The van der Waals surface area contributed by atoms with E-state index in [1.54, 1.807) is 14.2 Å². The van der Waals surface area contributed by atoms with Gasteiger partial charge < -0.3 is 20.3 Å². The minimum atomic E-state index is -4.39. The number of methoxy groups -OCH3 is 1. The molecule has 3 rings (SSSR count). The molecule has 2 heterocycles. The Morgan fingerprint density at radius 1 is 1.39 bits per heavy atom. The summed E-state index contributed by atoms with van der Waals surface area (Å²) in [6.07, 6.45) is -1.93. The van der Waals surface area contributed by atoms with Crippen LogP contribution in [0.3, 0.4) is 0 Å². The van der Waals surface area contributed by atoms with Gasteiger partial charge in [0, 0.05) is 56.3 Å². The summed E-state index contributed by atoms with van der Waals surface area (Å²) in [5, 5.41) is 8.09. The number of anilines is 1. The SMILES string of the molecule is CN=C(NCCc1nc(C(F)(F)F)cs1)NC1CCCN(c2cccc(OC)c2)C1.I. The van der Waals surface area contributed by atoms with Crippen molar-refractivity contribution in [1.29, 1.82) is 0 Å². The van der Waals surface area contributed by atoms with Gasteiger partial charge in [-0.3, -0.25) is 4.99 Å². The Hall–Kier alpha value is -1.76. The molecule has 1 unspecified atom stereocenters. The maximum Gasteiger partial charge on any atom is 0.434 e. The Morgan fingerprint density at radius 3 is 2.87 bits per heavy atom. The Labute approximate surface area is 201 Å². The number of piperidine rings is 1. The summed E-state index contributed by atoms with van der Waals surface area (Å²) in [5.74, 6) is 1.47. The van der Waals surface area contributed by atoms with Gasteiger partial charge in [-0.05, 0) is 25.0 Å². The van der Waals surface area contributed by atoms with Gasteiger partial charge in [0.25, 0.3) is 0 Å². The number of nitrogens with one attached hydrogen (secondary N) is 2. The van der Waals surface area contributed by atoms with E-state index in [0.717, 1.165) is 54.1 Å². The van der Waals surface area contributed by atoms with Crippen molar-refractivity contribution in [1.82, 2.24) is 15.6 Å². The number of nitrogens with zero attached hydrogens (tertiary/aromatic N) is 3. The van der Waals surface area contributed by atoms with Gasteiger partial charge in [-0.2, -0.15) is 13.2 Å². The average Bonchev–Trinajstić information content (AvgIpc) is 3.23. The second kappa shape index (κ2) is 11.7. The first kappa shape index (κ1) is 25.5. The third-order valence-corrected chi connectivity index (χ3v) is 5.79. The second-order valence-corrected chi connectivity index (χ2v) is 7.95. The van der Waals surface area contributed by atoms with E-state index >= 15 is 0 Å². The molecule has 6 nitrogen and oxygen atoms in total. The largest absolute Gasteiger partial charge is 0.497 e. The van der Waals surface area contributed by atoms with Gasteiger partial charge in [0.1, 0.15) is 5.75 Å². The van der Waals surface area contributed by atoms with Crippen LogP contribution in [0.5, 0.6) is 5.75 Å². The molecule has 0 saturated carbocycles. The molecule has 31 heavy (non-hydrogen) atoms. The smallest absolute Gasteiger partial charge is 0.434 e. The summed E-state index contributed by atoms with van der Waals surface area (Å²) >= 11 is 1.02. The van der Waals surface area contributed by atoms with Crippen molar-refractivity contribution in [2.75, 3.05) is 38.7 Å². The van der Waals surface area contributed by atoms with Crippen LogP contribution in [0.4, 0.5) is 18.9 Å². The van der Waals surface area contributed by atoms with Crippen molar-refractivity contribution in [3.63, 3.8) is 0 Å². The number of alkyl halides is 3. The highest BCUT2D eigenvalue weighted by Crippen LogP contribution is 2.30. The van der Waals surface area contributed by atoms with Crippen molar-refractivity contribution >= 4 is 47.0 Å². The minimum absolute atomic E-state index is 0. The molecule has 172 valence electrons. The number of aromatic nitrogens is 1. The molecular formula is C20H27F3IN5OS. The standard InChI is InChI=1S/C20H26F3N5OS.HI/c1-24-19(25-9-8-18-27-17(13-30-18)20(21,22)23)26-14-5-4-10-28(12-14)15-6-3-7-16(11-15)29-2;/h3,6-7,11,13-14H,4-5,8-10,12H2,1-2H3,(H2,24,25,26);1H. The van der Waals surface area contributed by atoms with Crippen LogP contribution >= 0.6 is 35.3 Å². The first-order chi connectivity index (χ1) is 14.4. The molecular weight excluding hydrogens is 542 g/mol. The highest BCUT2D eigenvalue weighted by atomic mass is 127. The highest BCUT2D eigenvalue weighted by molar-refractivity contribution is 14.0. The lowest BCUT2D eigenvalue weighted by atomic mass is 10.0. The van der Waals surface area contributed by atoms with E-state index < -0.39 is 11.9 Å². The Kier molecular flexibility index (Phi) is 9.66. The molecule has 0 bridgehead atoms. The van der Waals surface area contributed by atoms with Crippen molar-refractivity contribution < 1.29 is 17.9 Å². The molecule has 11 heteroatoms. The van der Waals surface area contributed by atoms with E-state index in [-0.39, 0.29) is 30.0 Å². The van der Waals surface area contributed by atoms with Crippen LogP contribution in [0, 0.1) is 0 Å². The summed E-state index contributed by atoms with van der Waals surface area (Å²) in [4.78, 5) is 10.2. The van der Waals surface area contributed by atoms with Gasteiger partial charge in [-0.25, -0.2) is 4.98 Å². The average molecular weight is 569 g/mol. The molecule has 1 aliphatic rings. The molecule has 0 amide bonds. The van der Waals surface area contributed by atoms with E-state index in [4.69, 9.17) is 4.74 Å². The van der Waals surface area contributed by atoms with Crippen LogP contribution in [0.2, 0.25) is 0 Å². The molecule has 1 saturated heterocycles. The van der Waals surface area contributed by atoms with Crippen molar-refractivity contribution in [3.05, 3.63) is 40.3 Å². The van der Waals surface area contributed by atoms with Gasteiger partial charge in [0.2, 0.25) is 0 Å². The summed E-state index contributed by atoms with van der Waals surface area (Å²) in [7, 11) is 3.34. The van der Waals surface area contributed by atoms with E-state index in [2.05, 4.69) is 31.6 Å². The maximum atomic E-state index is 12.7. The minimum Gasteiger partial charge on any atom is -0.497 e. The molecule has 1 aromatic carbocycles. The normalized spacial score (nSPS) is 17.1. The number of hydrogen-bond donors (Lipinski definition) is 2. The molecule has 0 spiro atoms. The van der Waals surface area contributed by atoms with E-state index in [9.17, 15) is 13.2 Å². The van der Waals surface area contributed by atoms with Gasteiger partial charge in [0.05, 0.1) is 12.1 Å². The maximum absolute atomic E-state index is 12.7. The number of aliphatic imine (C=N–C) groups is 1. The molecule has 2 N–H and O–H groups in total. The summed E-state index contributed by atoms with van der Waals surface area (Å²) in [6, 6.07) is 8.22. The van der Waals surface area contributed by atoms with Crippen LogP contribution in [0.25, 0.3) is 0 Å². The van der Waals surface area contributed by atoms with E-state index in [1.165, 1.54) is 0 Å². The zero-order valence-electron chi connectivity index (χ0n) is 17.4. The number of halogens is 4. The Balaban J connectivity index is 0.00000341. The van der Waals surface area contributed by atoms with Gasteiger partial charge in [-0.15, -0.1) is 35.3 Å². The predicted octanol–water partition coefficient (Wildman–Crippen LogP) is 4.17. The Bertz CT molecular complexity index is 861. The van der Waals surface area contributed by atoms with Crippen molar-refractivity contribution in [2.45, 2.75) is 31.5 Å². The monoisotopic (exact) mass is 569 g/mol. The number of benzene rings is 1. The first-order valence-electron chi connectivity index (χ1n) is 9.77. The highest BCUT2D eigenvalue weighted by Gasteiger charge is 2.33. The molecule has 1 atom stereocenters. The predicted molar refractivity (Wildman–Crippen MR) is 129 cm³/mol. The van der Waals surface area contributed by atoms with Crippen LogP contribution in [0.15, 0.2) is 34.6 Å². The third kappa shape index (κ3) is 7.41. The fourth-order valence-corrected chi connectivity index (χ4v) is 4.17. The zero-order valence-corrected chi connectivity index (χ0v) is 20.6. The number of rotatable bonds is 6. The molecule has 2 aromatic rings. The number of thiazole rings is 1. The third-order valence-electron chi connectivity index (χ3n) is 4.88. The fourth-order valence-electron chi connectivity index (χ4n) is 3.37. The van der Waals surface area contributed by atoms with Crippen LogP contribution in [-0.2, 0) is 12.6 Å². The Morgan fingerprint density at radius 2 is 2.19 bits per heavy atom. The quantitative estimate of drug-likeness (QED) is 0.311. The lowest BCUT2D eigenvalue weighted by molar-refractivity contribution is -0.140. The molecule has 0 aliphatic carbocycles. The molecule has 1 aromatic heterocycles. The van der Waals surface area contributed by atoms with Gasteiger partial charge in [0.15, 0.2) is 11.7 Å². The lowest BCUT2D eigenvalue weighted by Gasteiger charge is -2.35. The van der Waals surface area contributed by atoms with Crippen molar-refractivity contribution in [2.24, 2.45) is 4.99 Å².